The summed E-state index contributed by atoms with van der Waals surface area (Å²) in [5, 5.41) is 3.12. The average molecular weight is 298 g/mol. The van der Waals surface area contributed by atoms with E-state index in [1.807, 2.05) is 0 Å². The van der Waals surface area contributed by atoms with Gasteiger partial charge >= 0.3 is 12.0 Å². The van der Waals surface area contributed by atoms with Gasteiger partial charge in [-0.1, -0.05) is 40.0 Å². The third-order valence-corrected chi connectivity index (χ3v) is 3.90. The van der Waals surface area contributed by atoms with Crippen molar-refractivity contribution in [1.82, 2.24) is 10.2 Å². The van der Waals surface area contributed by atoms with Gasteiger partial charge in [0.1, 0.15) is 0 Å². The molecule has 1 fully saturated rings. The van der Waals surface area contributed by atoms with Crippen molar-refractivity contribution >= 4 is 12.0 Å². The van der Waals surface area contributed by atoms with E-state index >= 15 is 0 Å². The second-order valence-electron chi connectivity index (χ2n) is 6.51. The van der Waals surface area contributed by atoms with Crippen LogP contribution >= 0.6 is 0 Å². The van der Waals surface area contributed by atoms with Crippen molar-refractivity contribution in [3.8, 4) is 0 Å². The molecule has 1 unspecified atom stereocenters. The number of amides is 2. The van der Waals surface area contributed by atoms with Gasteiger partial charge in [0.15, 0.2) is 0 Å². The number of urea groups is 1. The molecule has 5 nitrogen and oxygen atoms in total. The van der Waals surface area contributed by atoms with Gasteiger partial charge < -0.3 is 15.0 Å². The summed E-state index contributed by atoms with van der Waals surface area (Å²) in [5.41, 5.74) is 0. The average Bonchev–Trinajstić information content (AvgIpc) is 2.46. The third-order valence-electron chi connectivity index (χ3n) is 3.90. The predicted octanol–water partition coefficient (Wildman–Crippen LogP) is 2.80. The number of esters is 1. The molecule has 1 N–H and O–H groups in total. The lowest BCUT2D eigenvalue weighted by atomic mass is 9.96. The minimum absolute atomic E-state index is 0.0497. The zero-order chi connectivity index (χ0) is 15.8. The number of methoxy groups -OCH3 is 1. The molecule has 1 aliphatic rings. The first-order valence-electron chi connectivity index (χ1n) is 8.07. The van der Waals surface area contributed by atoms with E-state index in [9.17, 15) is 9.59 Å². The minimum Gasteiger partial charge on any atom is -0.469 e. The van der Waals surface area contributed by atoms with Crippen molar-refractivity contribution < 1.29 is 14.3 Å². The van der Waals surface area contributed by atoms with E-state index in [4.69, 9.17) is 4.74 Å². The molecule has 1 rings (SSSR count). The lowest BCUT2D eigenvalue weighted by molar-refractivity contribution is -0.145. The van der Waals surface area contributed by atoms with Crippen LogP contribution in [-0.2, 0) is 9.53 Å². The summed E-state index contributed by atoms with van der Waals surface area (Å²) in [7, 11) is 1.38. The molecule has 0 saturated heterocycles. The number of hydrogen-bond donors (Lipinski definition) is 1. The van der Waals surface area contributed by atoms with Crippen LogP contribution in [0.25, 0.3) is 0 Å². The summed E-state index contributed by atoms with van der Waals surface area (Å²) >= 11 is 0. The van der Waals surface area contributed by atoms with E-state index in [2.05, 4.69) is 19.2 Å². The van der Waals surface area contributed by atoms with Gasteiger partial charge in [0.25, 0.3) is 0 Å². The molecule has 1 atom stereocenters. The first kappa shape index (κ1) is 17.8. The number of carbonyl (C=O) groups is 2. The monoisotopic (exact) mass is 298 g/mol. The summed E-state index contributed by atoms with van der Waals surface area (Å²) in [5.74, 6) is -0.202. The second kappa shape index (κ2) is 8.90. The van der Waals surface area contributed by atoms with Crippen molar-refractivity contribution in [1.29, 1.82) is 0 Å². The first-order valence-corrected chi connectivity index (χ1v) is 8.07. The van der Waals surface area contributed by atoms with Crippen LogP contribution in [0, 0.1) is 11.8 Å². The van der Waals surface area contributed by atoms with Gasteiger partial charge in [0, 0.05) is 19.1 Å². The summed E-state index contributed by atoms with van der Waals surface area (Å²) < 4.78 is 4.75. The minimum atomic E-state index is -0.300. The van der Waals surface area contributed by atoms with Gasteiger partial charge in [-0.25, -0.2) is 4.79 Å². The summed E-state index contributed by atoms with van der Waals surface area (Å²) in [6, 6.07) is 0.237. The fourth-order valence-electron chi connectivity index (χ4n) is 2.80. The highest BCUT2D eigenvalue weighted by Gasteiger charge is 2.24. The number of nitrogens with zero attached hydrogens (tertiary/aromatic N) is 1. The van der Waals surface area contributed by atoms with Crippen LogP contribution in [0.5, 0.6) is 0 Å². The summed E-state index contributed by atoms with van der Waals surface area (Å²) in [4.78, 5) is 25.8. The quantitative estimate of drug-likeness (QED) is 0.767. The highest BCUT2D eigenvalue weighted by molar-refractivity contribution is 5.76. The number of rotatable bonds is 6. The van der Waals surface area contributed by atoms with Crippen molar-refractivity contribution in [2.75, 3.05) is 20.2 Å². The largest absolute Gasteiger partial charge is 0.469 e. The number of carbonyl (C=O) groups excluding carboxylic acids is 2. The smallest absolute Gasteiger partial charge is 0.317 e. The fourth-order valence-corrected chi connectivity index (χ4v) is 2.80. The highest BCUT2D eigenvalue weighted by atomic mass is 16.5. The molecule has 1 saturated carbocycles. The molecule has 0 heterocycles. The van der Waals surface area contributed by atoms with E-state index in [0.29, 0.717) is 19.0 Å². The maximum absolute atomic E-state index is 12.5. The molecule has 0 aromatic heterocycles. The Bertz CT molecular complexity index is 338. The standard InChI is InChI=1S/C16H30N2O3/c1-12(2)10-18(11-13(3)15(19)21-4)16(20)17-14-8-6-5-7-9-14/h12-14H,5-11H2,1-4H3,(H,17,20). The Morgan fingerprint density at radius 3 is 2.29 bits per heavy atom. The molecule has 5 heteroatoms. The maximum atomic E-state index is 12.5. The van der Waals surface area contributed by atoms with E-state index in [-0.39, 0.29) is 24.0 Å². The zero-order valence-electron chi connectivity index (χ0n) is 13.9. The van der Waals surface area contributed by atoms with E-state index in [1.54, 1.807) is 11.8 Å². The van der Waals surface area contributed by atoms with Gasteiger partial charge in [-0.05, 0) is 18.8 Å². The fraction of sp³-hybridized carbons (Fsp3) is 0.875. The number of ether oxygens (including phenoxy) is 1. The van der Waals surface area contributed by atoms with Crippen LogP contribution in [0.15, 0.2) is 0 Å². The van der Waals surface area contributed by atoms with Crippen molar-refractivity contribution in [2.24, 2.45) is 11.8 Å². The molecule has 21 heavy (non-hydrogen) atoms. The van der Waals surface area contributed by atoms with Gasteiger partial charge in [0.05, 0.1) is 13.0 Å². The topological polar surface area (TPSA) is 58.6 Å². The molecule has 0 aromatic carbocycles. The molecule has 0 bridgehead atoms. The Balaban J connectivity index is 2.57. The Hall–Kier alpha value is -1.26. The molecule has 122 valence electrons. The SMILES string of the molecule is COC(=O)C(C)CN(CC(C)C)C(=O)NC1CCCCC1. The van der Waals surface area contributed by atoms with Crippen LogP contribution in [-0.4, -0.2) is 43.1 Å². The van der Waals surface area contributed by atoms with Crippen molar-refractivity contribution in [2.45, 2.75) is 58.9 Å². The lowest BCUT2D eigenvalue weighted by Crippen LogP contribution is -2.48. The Labute approximate surface area is 128 Å². The van der Waals surface area contributed by atoms with Gasteiger partial charge in [-0.15, -0.1) is 0 Å². The normalized spacial score (nSPS) is 17.4. The molecular weight excluding hydrogens is 268 g/mol. The van der Waals surface area contributed by atoms with Gasteiger partial charge in [-0.3, -0.25) is 4.79 Å². The maximum Gasteiger partial charge on any atom is 0.317 e. The van der Waals surface area contributed by atoms with Crippen molar-refractivity contribution in [3.05, 3.63) is 0 Å². The lowest BCUT2D eigenvalue weighted by Gasteiger charge is -2.30. The molecule has 1 aliphatic carbocycles. The molecule has 0 aliphatic heterocycles. The summed E-state index contributed by atoms with van der Waals surface area (Å²) in [6.07, 6.45) is 5.77. The Kier molecular flexibility index (Phi) is 7.54. The second-order valence-corrected chi connectivity index (χ2v) is 6.51. The third kappa shape index (κ3) is 6.36. The molecule has 0 radical (unpaired) electrons. The molecule has 0 spiro atoms. The van der Waals surface area contributed by atoms with Crippen LogP contribution in [0.4, 0.5) is 4.79 Å². The van der Waals surface area contributed by atoms with Crippen LogP contribution < -0.4 is 5.32 Å². The van der Waals surface area contributed by atoms with E-state index in [0.717, 1.165) is 12.8 Å². The predicted molar refractivity (Wildman–Crippen MR) is 83.0 cm³/mol. The Morgan fingerprint density at radius 1 is 1.14 bits per heavy atom. The highest BCUT2D eigenvalue weighted by Crippen LogP contribution is 2.18. The molecular formula is C16H30N2O3. The van der Waals surface area contributed by atoms with E-state index < -0.39 is 0 Å². The number of hydrogen-bond acceptors (Lipinski definition) is 3. The van der Waals surface area contributed by atoms with Gasteiger partial charge in [-0.2, -0.15) is 0 Å². The number of nitrogens with one attached hydrogen (secondary N) is 1. The molecule has 0 aromatic rings. The van der Waals surface area contributed by atoms with E-state index in [1.165, 1.54) is 26.4 Å². The Morgan fingerprint density at radius 2 is 1.76 bits per heavy atom. The summed E-state index contributed by atoms with van der Waals surface area (Å²) in [6.45, 7) is 7.00. The van der Waals surface area contributed by atoms with Crippen molar-refractivity contribution in [3.63, 3.8) is 0 Å². The van der Waals surface area contributed by atoms with Gasteiger partial charge in [0.2, 0.25) is 0 Å². The van der Waals surface area contributed by atoms with Crippen LogP contribution in [0.3, 0.4) is 0 Å². The zero-order valence-corrected chi connectivity index (χ0v) is 13.9. The van der Waals surface area contributed by atoms with Crippen LogP contribution in [0.1, 0.15) is 52.9 Å². The first-order chi connectivity index (χ1) is 9.93. The van der Waals surface area contributed by atoms with Crippen LogP contribution in [0.2, 0.25) is 0 Å². The molecule has 2 amide bonds.